The smallest absolute Gasteiger partial charge is 0.155 e. The molecule has 0 aliphatic heterocycles. The van der Waals surface area contributed by atoms with Gasteiger partial charge in [0.05, 0.1) is 19.8 Å². The molecule has 0 fully saturated rings. The Hall–Kier alpha value is -0.410. The first-order chi connectivity index (χ1) is 5.92. The molecule has 0 heterocycles. The topological polar surface area (TPSA) is 35.5 Å². The van der Waals surface area contributed by atoms with Gasteiger partial charge in [-0.3, -0.25) is 4.79 Å². The molecule has 0 saturated carbocycles. The molecule has 0 aromatic heterocycles. The van der Waals surface area contributed by atoms with E-state index in [9.17, 15) is 4.79 Å². The summed E-state index contributed by atoms with van der Waals surface area (Å²) in [5.74, 6) is 0.0517. The van der Waals surface area contributed by atoms with Crippen molar-refractivity contribution < 1.29 is 14.3 Å². The van der Waals surface area contributed by atoms with Crippen LogP contribution < -0.4 is 0 Å². The summed E-state index contributed by atoms with van der Waals surface area (Å²) in [5.41, 5.74) is 0.195. The van der Waals surface area contributed by atoms with Crippen molar-refractivity contribution in [1.82, 2.24) is 0 Å². The Balaban J connectivity index is 3.13. The Labute approximate surface area is 80.4 Å². The average molecular weight is 188 g/mol. The van der Waals surface area contributed by atoms with Crippen molar-refractivity contribution in [3.63, 3.8) is 0 Å². The highest BCUT2D eigenvalue weighted by molar-refractivity contribution is 5.76. The molecular formula is C10H20O3. The maximum atomic E-state index is 10.5. The maximum absolute atomic E-state index is 10.5. The number of hydrogen-bond donors (Lipinski definition) is 0. The monoisotopic (exact) mass is 188 g/mol. The van der Waals surface area contributed by atoms with Crippen molar-refractivity contribution in [3.05, 3.63) is 0 Å². The van der Waals surface area contributed by atoms with E-state index in [0.29, 0.717) is 13.2 Å². The normalized spacial score (nSPS) is 11.7. The predicted molar refractivity (Wildman–Crippen MR) is 51.8 cm³/mol. The van der Waals surface area contributed by atoms with E-state index in [-0.39, 0.29) is 17.8 Å². The number of ketones is 1. The van der Waals surface area contributed by atoms with Gasteiger partial charge in [-0.2, -0.15) is 0 Å². The second-order valence-corrected chi connectivity index (χ2v) is 4.37. The minimum atomic E-state index is 0.0517. The molecule has 0 atom stereocenters. The molecule has 0 saturated heterocycles. The summed E-state index contributed by atoms with van der Waals surface area (Å²) in [6.07, 6.45) is 0. The van der Waals surface area contributed by atoms with E-state index in [1.54, 1.807) is 0 Å². The summed E-state index contributed by atoms with van der Waals surface area (Å²) < 4.78 is 10.4. The van der Waals surface area contributed by atoms with E-state index < -0.39 is 0 Å². The van der Waals surface area contributed by atoms with Crippen LogP contribution in [0.4, 0.5) is 0 Å². The van der Waals surface area contributed by atoms with Crippen LogP contribution in [0.1, 0.15) is 27.7 Å². The zero-order chi connectivity index (χ0) is 10.3. The van der Waals surface area contributed by atoms with Gasteiger partial charge in [0.2, 0.25) is 0 Å². The first-order valence-corrected chi connectivity index (χ1v) is 4.57. The number of Topliss-reactive ketones (excluding diaryl/α,β-unsaturated/α-hetero) is 1. The molecule has 0 aliphatic carbocycles. The van der Waals surface area contributed by atoms with Crippen molar-refractivity contribution >= 4 is 5.78 Å². The Morgan fingerprint density at radius 1 is 1.15 bits per heavy atom. The fraction of sp³-hybridized carbons (Fsp3) is 0.900. The standard InChI is InChI=1S/C10H20O3/c1-9(11)7-12-5-6-13-8-10(2,3)4/h5-8H2,1-4H3. The van der Waals surface area contributed by atoms with Crippen LogP contribution in [0.15, 0.2) is 0 Å². The van der Waals surface area contributed by atoms with Gasteiger partial charge < -0.3 is 9.47 Å². The zero-order valence-corrected chi connectivity index (χ0v) is 9.05. The maximum Gasteiger partial charge on any atom is 0.155 e. The van der Waals surface area contributed by atoms with Crippen LogP contribution in [0.25, 0.3) is 0 Å². The van der Waals surface area contributed by atoms with Gasteiger partial charge in [-0.15, -0.1) is 0 Å². The van der Waals surface area contributed by atoms with Gasteiger partial charge in [-0.05, 0) is 12.3 Å². The van der Waals surface area contributed by atoms with Gasteiger partial charge in [-0.25, -0.2) is 0 Å². The summed E-state index contributed by atoms with van der Waals surface area (Å²) in [6, 6.07) is 0. The number of rotatable bonds is 6. The van der Waals surface area contributed by atoms with Crippen molar-refractivity contribution in [2.75, 3.05) is 26.4 Å². The van der Waals surface area contributed by atoms with E-state index in [2.05, 4.69) is 20.8 Å². The molecule has 0 N–H and O–H groups in total. The van der Waals surface area contributed by atoms with Crippen molar-refractivity contribution in [2.24, 2.45) is 5.41 Å². The van der Waals surface area contributed by atoms with Crippen molar-refractivity contribution in [3.8, 4) is 0 Å². The Morgan fingerprint density at radius 2 is 1.69 bits per heavy atom. The fourth-order valence-electron chi connectivity index (χ4n) is 0.712. The lowest BCUT2D eigenvalue weighted by Crippen LogP contribution is -2.17. The van der Waals surface area contributed by atoms with Crippen LogP contribution >= 0.6 is 0 Å². The number of ether oxygens (including phenoxy) is 2. The molecule has 0 rings (SSSR count). The highest BCUT2D eigenvalue weighted by atomic mass is 16.5. The molecule has 0 unspecified atom stereocenters. The molecule has 0 aromatic rings. The minimum absolute atomic E-state index is 0.0517. The van der Waals surface area contributed by atoms with Crippen LogP contribution in [0, 0.1) is 5.41 Å². The highest BCUT2D eigenvalue weighted by Crippen LogP contribution is 2.12. The van der Waals surface area contributed by atoms with Gasteiger partial charge in [0.25, 0.3) is 0 Å². The molecule has 0 radical (unpaired) electrons. The lowest BCUT2D eigenvalue weighted by Gasteiger charge is -2.17. The molecule has 0 spiro atoms. The van der Waals surface area contributed by atoms with Gasteiger partial charge >= 0.3 is 0 Å². The fourth-order valence-corrected chi connectivity index (χ4v) is 0.712. The number of hydrogen-bond acceptors (Lipinski definition) is 3. The quantitative estimate of drug-likeness (QED) is 0.595. The SMILES string of the molecule is CC(=O)COCCOCC(C)(C)C. The number of carbonyl (C=O) groups is 1. The van der Waals surface area contributed by atoms with Gasteiger partial charge in [0.15, 0.2) is 5.78 Å². The third kappa shape index (κ3) is 11.6. The van der Waals surface area contributed by atoms with E-state index in [1.165, 1.54) is 6.92 Å². The van der Waals surface area contributed by atoms with Crippen molar-refractivity contribution in [1.29, 1.82) is 0 Å². The minimum Gasteiger partial charge on any atom is -0.379 e. The first-order valence-electron chi connectivity index (χ1n) is 4.57. The zero-order valence-electron chi connectivity index (χ0n) is 9.05. The molecule has 3 heteroatoms. The van der Waals surface area contributed by atoms with Crippen molar-refractivity contribution in [2.45, 2.75) is 27.7 Å². The van der Waals surface area contributed by atoms with Crippen LogP contribution in [-0.2, 0) is 14.3 Å². The Morgan fingerprint density at radius 3 is 2.15 bits per heavy atom. The molecule has 0 bridgehead atoms. The molecule has 13 heavy (non-hydrogen) atoms. The summed E-state index contributed by atoms with van der Waals surface area (Å²) in [5, 5.41) is 0. The molecule has 78 valence electrons. The summed E-state index contributed by atoms with van der Waals surface area (Å²) >= 11 is 0. The number of carbonyl (C=O) groups excluding carboxylic acids is 1. The molecule has 0 aliphatic rings. The predicted octanol–water partition coefficient (Wildman–Crippen LogP) is 1.65. The third-order valence-electron chi connectivity index (χ3n) is 1.21. The third-order valence-corrected chi connectivity index (χ3v) is 1.21. The highest BCUT2D eigenvalue weighted by Gasteiger charge is 2.09. The van der Waals surface area contributed by atoms with E-state index in [4.69, 9.17) is 9.47 Å². The molecule has 0 amide bonds. The lowest BCUT2D eigenvalue weighted by atomic mass is 9.99. The van der Waals surface area contributed by atoms with Crippen LogP contribution in [-0.4, -0.2) is 32.2 Å². The summed E-state index contributed by atoms with van der Waals surface area (Å²) in [6.45, 7) is 9.82. The average Bonchev–Trinajstić information content (AvgIpc) is 1.93. The first kappa shape index (κ1) is 12.6. The molecule has 3 nitrogen and oxygen atoms in total. The summed E-state index contributed by atoms with van der Waals surface area (Å²) in [4.78, 5) is 10.5. The van der Waals surface area contributed by atoms with Crippen LogP contribution in [0.5, 0.6) is 0 Å². The molecular weight excluding hydrogens is 168 g/mol. The Kier molecular flexibility index (Phi) is 5.91. The van der Waals surface area contributed by atoms with Gasteiger partial charge in [0, 0.05) is 0 Å². The Bertz CT molecular complexity index is 147. The second-order valence-electron chi connectivity index (χ2n) is 4.37. The van der Waals surface area contributed by atoms with E-state index in [0.717, 1.165) is 6.61 Å². The van der Waals surface area contributed by atoms with Crippen LogP contribution in [0.2, 0.25) is 0 Å². The van der Waals surface area contributed by atoms with Crippen LogP contribution in [0.3, 0.4) is 0 Å². The lowest BCUT2D eigenvalue weighted by molar-refractivity contribution is -0.122. The molecule has 0 aromatic carbocycles. The van der Waals surface area contributed by atoms with Gasteiger partial charge in [-0.1, -0.05) is 20.8 Å². The largest absolute Gasteiger partial charge is 0.379 e. The van der Waals surface area contributed by atoms with Gasteiger partial charge in [0.1, 0.15) is 6.61 Å². The van der Waals surface area contributed by atoms with E-state index >= 15 is 0 Å². The van der Waals surface area contributed by atoms with E-state index in [1.807, 2.05) is 0 Å². The second kappa shape index (κ2) is 6.11. The summed E-state index contributed by atoms with van der Waals surface area (Å²) in [7, 11) is 0.